The number of aliphatic hydroxyl groups is 1. The molecule has 0 spiro atoms. The minimum absolute atomic E-state index is 0.165. The second-order valence-corrected chi connectivity index (χ2v) is 4.58. The molecule has 0 saturated heterocycles. The largest absolute Gasteiger partial charge is 0.393 e. The molecule has 5 nitrogen and oxygen atoms in total. The molecule has 1 aromatic rings. The van der Waals surface area contributed by atoms with Crippen LogP contribution in [0.3, 0.4) is 0 Å². The first-order chi connectivity index (χ1) is 8.06. The number of rotatable bonds is 4. The number of nitrogens with zero attached hydrogens (tertiary/aromatic N) is 1. The Kier molecular flexibility index (Phi) is 3.40. The Morgan fingerprint density at radius 2 is 2.24 bits per heavy atom. The highest BCUT2D eigenvalue weighted by Crippen LogP contribution is 2.22. The zero-order valence-electron chi connectivity index (χ0n) is 9.72. The van der Waals surface area contributed by atoms with Gasteiger partial charge in [0.05, 0.1) is 11.0 Å². The lowest BCUT2D eigenvalue weighted by molar-refractivity contribution is -0.385. The van der Waals surface area contributed by atoms with E-state index in [-0.39, 0.29) is 16.7 Å². The van der Waals surface area contributed by atoms with Gasteiger partial charge in [0.25, 0.3) is 5.69 Å². The van der Waals surface area contributed by atoms with Crippen molar-refractivity contribution in [1.82, 2.24) is 5.32 Å². The third-order valence-corrected chi connectivity index (χ3v) is 3.18. The van der Waals surface area contributed by atoms with Crippen molar-refractivity contribution < 1.29 is 10.0 Å². The Balaban J connectivity index is 1.97. The number of aliphatic hydroxyl groups excluding tert-OH is 1. The molecule has 0 heterocycles. The topological polar surface area (TPSA) is 75.4 Å². The van der Waals surface area contributed by atoms with E-state index in [0.29, 0.717) is 18.2 Å². The van der Waals surface area contributed by atoms with Gasteiger partial charge in [0.15, 0.2) is 0 Å². The summed E-state index contributed by atoms with van der Waals surface area (Å²) in [5.74, 6) is 0. The van der Waals surface area contributed by atoms with Crippen LogP contribution in [-0.2, 0) is 6.54 Å². The van der Waals surface area contributed by atoms with E-state index < -0.39 is 0 Å². The number of benzene rings is 1. The normalized spacial score (nSPS) is 23.2. The molecular weight excluding hydrogens is 220 g/mol. The number of nitro benzene ring substituents is 1. The molecule has 92 valence electrons. The van der Waals surface area contributed by atoms with E-state index in [1.807, 2.05) is 6.07 Å². The lowest BCUT2D eigenvalue weighted by Gasteiger charge is -2.32. The highest BCUT2D eigenvalue weighted by Gasteiger charge is 2.26. The van der Waals surface area contributed by atoms with Crippen molar-refractivity contribution in [3.8, 4) is 0 Å². The molecule has 0 radical (unpaired) electrons. The number of hydrogen-bond donors (Lipinski definition) is 2. The standard InChI is InChI=1S/C12H16N2O3/c1-8-2-3-9(4-12(8)14(16)17)7-13-10-5-11(15)6-10/h2-4,10-11,13,15H,5-7H2,1H3. The van der Waals surface area contributed by atoms with E-state index in [1.165, 1.54) is 0 Å². The summed E-state index contributed by atoms with van der Waals surface area (Å²) in [6.45, 7) is 2.34. The summed E-state index contributed by atoms with van der Waals surface area (Å²) < 4.78 is 0. The van der Waals surface area contributed by atoms with E-state index in [1.54, 1.807) is 19.1 Å². The van der Waals surface area contributed by atoms with Gasteiger partial charge in [0.1, 0.15) is 0 Å². The molecule has 5 heteroatoms. The third-order valence-electron chi connectivity index (χ3n) is 3.18. The fourth-order valence-corrected chi connectivity index (χ4v) is 1.98. The van der Waals surface area contributed by atoms with Gasteiger partial charge in [0.2, 0.25) is 0 Å². The van der Waals surface area contributed by atoms with E-state index in [9.17, 15) is 10.1 Å². The summed E-state index contributed by atoms with van der Waals surface area (Å²) in [5.41, 5.74) is 1.75. The molecule has 1 fully saturated rings. The van der Waals surface area contributed by atoms with Gasteiger partial charge in [0, 0.05) is 24.2 Å². The van der Waals surface area contributed by atoms with Crippen LogP contribution in [0.4, 0.5) is 5.69 Å². The van der Waals surface area contributed by atoms with Gasteiger partial charge in [-0.15, -0.1) is 0 Å². The Morgan fingerprint density at radius 3 is 2.82 bits per heavy atom. The van der Waals surface area contributed by atoms with Gasteiger partial charge in [-0.1, -0.05) is 12.1 Å². The van der Waals surface area contributed by atoms with E-state index in [4.69, 9.17) is 5.11 Å². The highest BCUT2D eigenvalue weighted by atomic mass is 16.6. The third kappa shape index (κ3) is 2.81. The van der Waals surface area contributed by atoms with Crippen LogP contribution >= 0.6 is 0 Å². The Morgan fingerprint density at radius 1 is 1.53 bits per heavy atom. The maximum absolute atomic E-state index is 10.8. The molecule has 1 aliphatic rings. The second kappa shape index (κ2) is 4.81. The van der Waals surface area contributed by atoms with Crippen LogP contribution in [0.1, 0.15) is 24.0 Å². The van der Waals surface area contributed by atoms with Crippen molar-refractivity contribution >= 4 is 5.69 Å². The van der Waals surface area contributed by atoms with Crippen molar-refractivity contribution in [2.75, 3.05) is 0 Å². The first-order valence-corrected chi connectivity index (χ1v) is 5.71. The average molecular weight is 236 g/mol. The van der Waals surface area contributed by atoms with Gasteiger partial charge in [-0.05, 0) is 25.3 Å². The molecule has 17 heavy (non-hydrogen) atoms. The van der Waals surface area contributed by atoms with Gasteiger partial charge in [-0.3, -0.25) is 10.1 Å². The van der Waals surface area contributed by atoms with Crippen LogP contribution in [0.5, 0.6) is 0 Å². The maximum atomic E-state index is 10.8. The van der Waals surface area contributed by atoms with Crippen molar-refractivity contribution in [3.63, 3.8) is 0 Å². The lowest BCUT2D eigenvalue weighted by atomic mass is 9.89. The molecule has 0 atom stereocenters. The molecule has 0 unspecified atom stereocenters. The summed E-state index contributed by atoms with van der Waals surface area (Å²) >= 11 is 0. The van der Waals surface area contributed by atoms with E-state index >= 15 is 0 Å². The summed E-state index contributed by atoms with van der Waals surface area (Å²) in [4.78, 5) is 10.4. The Bertz CT molecular complexity index is 428. The number of hydrogen-bond acceptors (Lipinski definition) is 4. The predicted molar refractivity (Wildman–Crippen MR) is 63.7 cm³/mol. The summed E-state index contributed by atoms with van der Waals surface area (Å²) in [5, 5.41) is 23.2. The minimum Gasteiger partial charge on any atom is -0.393 e. The molecule has 2 rings (SSSR count). The number of aryl methyl sites for hydroxylation is 1. The van der Waals surface area contributed by atoms with Gasteiger partial charge in [-0.2, -0.15) is 0 Å². The van der Waals surface area contributed by atoms with Crippen molar-refractivity contribution in [2.24, 2.45) is 0 Å². The molecule has 0 aliphatic heterocycles. The maximum Gasteiger partial charge on any atom is 0.272 e. The van der Waals surface area contributed by atoms with Crippen molar-refractivity contribution in [1.29, 1.82) is 0 Å². The van der Waals surface area contributed by atoms with Gasteiger partial charge < -0.3 is 10.4 Å². The summed E-state index contributed by atoms with van der Waals surface area (Å²) in [6.07, 6.45) is 1.36. The van der Waals surface area contributed by atoms with Crippen LogP contribution in [0.25, 0.3) is 0 Å². The van der Waals surface area contributed by atoms with Crippen molar-refractivity contribution in [2.45, 2.75) is 38.5 Å². The molecular formula is C12H16N2O3. The van der Waals surface area contributed by atoms with Gasteiger partial charge in [-0.25, -0.2) is 0 Å². The average Bonchev–Trinajstić information content (AvgIpc) is 2.24. The summed E-state index contributed by atoms with van der Waals surface area (Å²) in [7, 11) is 0. The highest BCUT2D eigenvalue weighted by molar-refractivity contribution is 5.42. The molecule has 0 bridgehead atoms. The fourth-order valence-electron chi connectivity index (χ4n) is 1.98. The summed E-state index contributed by atoms with van der Waals surface area (Å²) in [6, 6.07) is 5.61. The molecule has 1 aromatic carbocycles. The van der Waals surface area contributed by atoms with Crippen LogP contribution in [-0.4, -0.2) is 22.2 Å². The SMILES string of the molecule is Cc1ccc(CNC2CC(O)C2)cc1[N+](=O)[O-]. The first kappa shape index (κ1) is 12.0. The van der Waals surface area contributed by atoms with Crippen LogP contribution in [0, 0.1) is 17.0 Å². The minimum atomic E-state index is -0.355. The lowest BCUT2D eigenvalue weighted by Crippen LogP contribution is -2.43. The Labute approximate surface area is 99.6 Å². The van der Waals surface area contributed by atoms with Crippen LogP contribution in [0.2, 0.25) is 0 Å². The molecule has 0 amide bonds. The van der Waals surface area contributed by atoms with Crippen molar-refractivity contribution in [3.05, 3.63) is 39.4 Å². The van der Waals surface area contributed by atoms with Crippen LogP contribution in [0.15, 0.2) is 18.2 Å². The smallest absolute Gasteiger partial charge is 0.272 e. The predicted octanol–water partition coefficient (Wildman–Crippen LogP) is 1.52. The first-order valence-electron chi connectivity index (χ1n) is 5.71. The Hall–Kier alpha value is -1.46. The zero-order valence-corrected chi connectivity index (χ0v) is 9.72. The number of nitro groups is 1. The molecule has 0 aromatic heterocycles. The molecule has 1 aliphatic carbocycles. The monoisotopic (exact) mass is 236 g/mol. The molecule has 1 saturated carbocycles. The second-order valence-electron chi connectivity index (χ2n) is 4.58. The molecule has 2 N–H and O–H groups in total. The van der Waals surface area contributed by atoms with Crippen LogP contribution < -0.4 is 5.32 Å². The fraction of sp³-hybridized carbons (Fsp3) is 0.500. The van der Waals surface area contributed by atoms with E-state index in [0.717, 1.165) is 18.4 Å². The van der Waals surface area contributed by atoms with Gasteiger partial charge >= 0.3 is 0 Å². The van der Waals surface area contributed by atoms with E-state index in [2.05, 4.69) is 5.32 Å². The zero-order chi connectivity index (χ0) is 12.4. The quantitative estimate of drug-likeness (QED) is 0.614. The number of nitrogens with one attached hydrogen (secondary N) is 1.